The van der Waals surface area contributed by atoms with E-state index >= 15 is 0 Å². The Kier molecular flexibility index (Phi) is 4.14. The fourth-order valence-electron chi connectivity index (χ4n) is 1.99. The molecule has 0 aliphatic heterocycles. The molecule has 1 N–H and O–H groups in total. The van der Waals surface area contributed by atoms with E-state index in [1.165, 1.54) is 0 Å². The van der Waals surface area contributed by atoms with E-state index in [0.717, 1.165) is 18.4 Å². The van der Waals surface area contributed by atoms with Crippen molar-refractivity contribution in [3.63, 3.8) is 0 Å². The van der Waals surface area contributed by atoms with Gasteiger partial charge in [-0.1, -0.05) is 53.2 Å². The summed E-state index contributed by atoms with van der Waals surface area (Å²) in [6.45, 7) is 1.95. The van der Waals surface area contributed by atoms with Crippen LogP contribution in [0, 0.1) is 0 Å². The van der Waals surface area contributed by atoms with E-state index in [0.29, 0.717) is 5.33 Å². The minimum atomic E-state index is -3.22. The summed E-state index contributed by atoms with van der Waals surface area (Å²) in [5, 5.41) is 0.693. The number of hydrogen-bond donors (Lipinski definition) is 1. The average molecular weight is 332 g/mol. The molecular formula is C13H18BrNO2S. The van der Waals surface area contributed by atoms with E-state index in [-0.39, 0.29) is 17.2 Å². The van der Waals surface area contributed by atoms with Gasteiger partial charge in [0.15, 0.2) is 0 Å². The van der Waals surface area contributed by atoms with Gasteiger partial charge in [-0.2, -0.15) is 0 Å². The number of alkyl halides is 1. The Balaban J connectivity index is 2.00. The number of sulfonamides is 1. The Hall–Kier alpha value is -0.390. The van der Waals surface area contributed by atoms with E-state index in [1.807, 2.05) is 37.3 Å². The fourth-order valence-corrected chi connectivity index (χ4v) is 4.75. The highest BCUT2D eigenvalue weighted by Crippen LogP contribution is 2.37. The standard InChI is InChI=1S/C13H18BrNO2S/c1-11(12-5-3-2-4-6-12)9-18(16,17)15-13(10-14)7-8-13/h2-6,11,15H,7-10H2,1H3. The van der Waals surface area contributed by atoms with Crippen molar-refractivity contribution in [2.75, 3.05) is 11.1 Å². The first kappa shape index (κ1) is 14.0. The summed E-state index contributed by atoms with van der Waals surface area (Å²) in [4.78, 5) is 0. The lowest BCUT2D eigenvalue weighted by Crippen LogP contribution is -2.40. The predicted molar refractivity (Wildman–Crippen MR) is 77.5 cm³/mol. The van der Waals surface area contributed by atoms with Crippen LogP contribution in [0.15, 0.2) is 30.3 Å². The second-order valence-electron chi connectivity index (χ2n) is 5.11. The molecule has 2 rings (SSSR count). The lowest BCUT2D eigenvalue weighted by atomic mass is 10.0. The summed E-state index contributed by atoms with van der Waals surface area (Å²) in [7, 11) is -3.22. The van der Waals surface area contributed by atoms with Crippen LogP contribution < -0.4 is 4.72 Å². The lowest BCUT2D eigenvalue weighted by molar-refractivity contribution is 0.556. The highest BCUT2D eigenvalue weighted by atomic mass is 79.9. The number of halogens is 1. The molecule has 5 heteroatoms. The van der Waals surface area contributed by atoms with Gasteiger partial charge in [-0.25, -0.2) is 13.1 Å². The smallest absolute Gasteiger partial charge is 0.212 e. The van der Waals surface area contributed by atoms with E-state index in [1.54, 1.807) is 0 Å². The average Bonchev–Trinajstić information content (AvgIpc) is 3.09. The summed E-state index contributed by atoms with van der Waals surface area (Å²) in [6.07, 6.45) is 1.86. The van der Waals surface area contributed by atoms with Gasteiger partial charge in [0, 0.05) is 10.9 Å². The van der Waals surface area contributed by atoms with Crippen LogP contribution in [0.25, 0.3) is 0 Å². The maximum absolute atomic E-state index is 12.1. The van der Waals surface area contributed by atoms with Crippen molar-refractivity contribution >= 4 is 26.0 Å². The zero-order chi connectivity index (χ0) is 13.2. The first-order valence-corrected chi connectivity index (χ1v) is 8.86. The maximum atomic E-state index is 12.1. The number of benzene rings is 1. The lowest BCUT2D eigenvalue weighted by Gasteiger charge is -2.17. The van der Waals surface area contributed by atoms with Gasteiger partial charge < -0.3 is 0 Å². The van der Waals surface area contributed by atoms with Gasteiger partial charge in [0.05, 0.1) is 5.75 Å². The molecule has 0 spiro atoms. The summed E-state index contributed by atoms with van der Waals surface area (Å²) >= 11 is 3.37. The first-order chi connectivity index (χ1) is 8.46. The molecule has 1 aromatic carbocycles. The molecule has 1 aliphatic rings. The SMILES string of the molecule is CC(CS(=O)(=O)NC1(CBr)CC1)c1ccccc1. The normalized spacial score (nSPS) is 19.4. The van der Waals surface area contributed by atoms with Crippen LogP contribution in [-0.4, -0.2) is 25.0 Å². The van der Waals surface area contributed by atoms with Gasteiger partial charge in [0.25, 0.3) is 0 Å². The van der Waals surface area contributed by atoms with Crippen molar-refractivity contribution in [2.45, 2.75) is 31.2 Å². The molecule has 1 aromatic rings. The molecule has 1 atom stereocenters. The molecule has 100 valence electrons. The van der Waals surface area contributed by atoms with Crippen molar-refractivity contribution < 1.29 is 8.42 Å². The predicted octanol–water partition coefficient (Wildman–Crippen LogP) is 2.64. The van der Waals surface area contributed by atoms with Crippen LogP contribution in [0.5, 0.6) is 0 Å². The summed E-state index contributed by atoms with van der Waals surface area (Å²) in [6, 6.07) is 9.75. The van der Waals surface area contributed by atoms with Crippen molar-refractivity contribution in [2.24, 2.45) is 0 Å². The third-order valence-electron chi connectivity index (χ3n) is 3.32. The van der Waals surface area contributed by atoms with Crippen molar-refractivity contribution in [1.29, 1.82) is 0 Å². The van der Waals surface area contributed by atoms with Gasteiger partial charge >= 0.3 is 0 Å². The number of nitrogens with one attached hydrogen (secondary N) is 1. The molecule has 3 nitrogen and oxygen atoms in total. The van der Waals surface area contributed by atoms with Crippen LogP contribution >= 0.6 is 15.9 Å². The van der Waals surface area contributed by atoms with Gasteiger partial charge in [-0.05, 0) is 24.3 Å². The molecule has 0 radical (unpaired) electrons. The van der Waals surface area contributed by atoms with Gasteiger partial charge in [0.2, 0.25) is 10.0 Å². The molecule has 1 unspecified atom stereocenters. The summed E-state index contributed by atoms with van der Waals surface area (Å²) in [5.41, 5.74) is 0.849. The molecule has 0 saturated heterocycles. The Morgan fingerprint density at radius 2 is 1.94 bits per heavy atom. The third kappa shape index (κ3) is 3.56. The van der Waals surface area contributed by atoms with Crippen molar-refractivity contribution in [1.82, 2.24) is 4.72 Å². The largest absolute Gasteiger partial charge is 0.212 e. The maximum Gasteiger partial charge on any atom is 0.212 e. The van der Waals surface area contributed by atoms with E-state index in [2.05, 4.69) is 20.7 Å². The van der Waals surface area contributed by atoms with Crippen LogP contribution in [0.4, 0.5) is 0 Å². The van der Waals surface area contributed by atoms with Gasteiger partial charge in [-0.15, -0.1) is 0 Å². The summed E-state index contributed by atoms with van der Waals surface area (Å²) < 4.78 is 27.0. The zero-order valence-corrected chi connectivity index (χ0v) is 12.8. The third-order valence-corrected chi connectivity index (χ3v) is 6.08. The minimum absolute atomic E-state index is 0.00910. The quantitative estimate of drug-likeness (QED) is 0.814. The molecular weight excluding hydrogens is 314 g/mol. The molecule has 1 aliphatic carbocycles. The number of rotatable bonds is 6. The second-order valence-corrected chi connectivity index (χ2v) is 7.44. The van der Waals surface area contributed by atoms with Crippen LogP contribution in [0.2, 0.25) is 0 Å². The van der Waals surface area contributed by atoms with Crippen molar-refractivity contribution in [3.05, 3.63) is 35.9 Å². The highest BCUT2D eigenvalue weighted by molar-refractivity contribution is 9.09. The van der Waals surface area contributed by atoms with Crippen LogP contribution in [0.1, 0.15) is 31.2 Å². The highest BCUT2D eigenvalue weighted by Gasteiger charge is 2.44. The number of hydrogen-bond acceptors (Lipinski definition) is 2. The van der Waals surface area contributed by atoms with Gasteiger partial charge in [0.1, 0.15) is 0 Å². The zero-order valence-electron chi connectivity index (χ0n) is 10.4. The van der Waals surface area contributed by atoms with Crippen molar-refractivity contribution in [3.8, 4) is 0 Å². The van der Waals surface area contributed by atoms with Crippen LogP contribution in [-0.2, 0) is 10.0 Å². The Labute approximate surface area is 117 Å². The first-order valence-electron chi connectivity index (χ1n) is 6.09. The monoisotopic (exact) mass is 331 g/mol. The molecule has 1 saturated carbocycles. The minimum Gasteiger partial charge on any atom is -0.212 e. The van der Waals surface area contributed by atoms with Gasteiger partial charge in [-0.3, -0.25) is 0 Å². The Morgan fingerprint density at radius 1 is 1.33 bits per heavy atom. The second kappa shape index (κ2) is 5.31. The topological polar surface area (TPSA) is 46.2 Å². The molecule has 0 bridgehead atoms. The molecule has 18 heavy (non-hydrogen) atoms. The van der Waals surface area contributed by atoms with E-state index < -0.39 is 10.0 Å². The Morgan fingerprint density at radius 3 is 2.44 bits per heavy atom. The molecule has 1 fully saturated rings. The molecule has 0 aromatic heterocycles. The van der Waals surface area contributed by atoms with Crippen LogP contribution in [0.3, 0.4) is 0 Å². The summed E-state index contributed by atoms with van der Waals surface area (Å²) in [5.74, 6) is 0.154. The van der Waals surface area contributed by atoms with E-state index in [9.17, 15) is 8.42 Å². The molecule has 0 amide bonds. The van der Waals surface area contributed by atoms with E-state index in [4.69, 9.17) is 0 Å². The Bertz CT molecular complexity index is 497. The fraction of sp³-hybridized carbons (Fsp3) is 0.538. The molecule has 0 heterocycles.